The lowest BCUT2D eigenvalue weighted by atomic mass is 10.1. The van der Waals surface area contributed by atoms with Gasteiger partial charge in [0.15, 0.2) is 0 Å². The van der Waals surface area contributed by atoms with Gasteiger partial charge in [-0.1, -0.05) is 13.3 Å². The molecule has 0 aromatic heterocycles. The average Bonchev–Trinajstić information content (AvgIpc) is 2.30. The van der Waals surface area contributed by atoms with Gasteiger partial charge in [-0.05, 0) is 65.2 Å². The number of rotatable bonds is 7. The maximum atomic E-state index is 3.47. The summed E-state index contributed by atoms with van der Waals surface area (Å²) < 4.78 is 0. The molecule has 1 heterocycles. The van der Waals surface area contributed by atoms with Crippen LogP contribution in [0.25, 0.3) is 0 Å². The maximum Gasteiger partial charge on any atom is 0.00674 e. The molecular formula is C13H28N2. The predicted molar refractivity (Wildman–Crippen MR) is 67.3 cm³/mol. The van der Waals surface area contributed by atoms with Gasteiger partial charge in [-0.15, -0.1) is 0 Å². The van der Waals surface area contributed by atoms with E-state index in [4.69, 9.17) is 0 Å². The minimum absolute atomic E-state index is 0.800. The molecule has 0 bridgehead atoms. The van der Waals surface area contributed by atoms with Crippen molar-refractivity contribution in [3.8, 4) is 0 Å². The Morgan fingerprint density at radius 1 is 1.13 bits per heavy atom. The third kappa shape index (κ3) is 5.53. The lowest BCUT2D eigenvalue weighted by Crippen LogP contribution is -2.37. The second-order valence-electron chi connectivity index (χ2n) is 4.84. The highest BCUT2D eigenvalue weighted by Gasteiger charge is 2.15. The van der Waals surface area contributed by atoms with E-state index in [-0.39, 0.29) is 0 Å². The molecule has 0 saturated carbocycles. The number of likely N-dealkylation sites (tertiary alicyclic amines) is 1. The normalized spacial score (nSPS) is 20.4. The smallest absolute Gasteiger partial charge is 0.00674 e. The molecule has 0 spiro atoms. The van der Waals surface area contributed by atoms with Gasteiger partial charge in [-0.3, -0.25) is 0 Å². The Morgan fingerprint density at radius 2 is 1.87 bits per heavy atom. The molecule has 0 amide bonds. The molecule has 90 valence electrons. The minimum Gasteiger partial charge on any atom is -0.317 e. The largest absolute Gasteiger partial charge is 0.317 e. The van der Waals surface area contributed by atoms with Crippen LogP contribution in [0.4, 0.5) is 0 Å². The molecule has 0 radical (unpaired) electrons. The van der Waals surface area contributed by atoms with Crippen molar-refractivity contribution in [2.24, 2.45) is 0 Å². The number of nitrogens with zero attached hydrogens (tertiary/aromatic N) is 1. The molecule has 0 aromatic rings. The zero-order valence-corrected chi connectivity index (χ0v) is 10.6. The lowest BCUT2D eigenvalue weighted by molar-refractivity contribution is 0.164. The fraction of sp³-hybridized carbons (Fsp3) is 1.00. The summed E-state index contributed by atoms with van der Waals surface area (Å²) in [4.78, 5) is 2.67. The first-order chi connectivity index (χ1) is 7.34. The van der Waals surface area contributed by atoms with Crippen molar-refractivity contribution in [1.29, 1.82) is 0 Å². The lowest BCUT2D eigenvalue weighted by Gasteiger charge is -2.32. The van der Waals surface area contributed by atoms with Gasteiger partial charge in [-0.25, -0.2) is 0 Å². The summed E-state index contributed by atoms with van der Waals surface area (Å²) in [6, 6.07) is 0.800. The van der Waals surface area contributed by atoms with E-state index in [2.05, 4.69) is 24.1 Å². The molecular weight excluding hydrogens is 184 g/mol. The zero-order valence-electron chi connectivity index (χ0n) is 10.6. The fourth-order valence-electron chi connectivity index (χ4n) is 2.37. The van der Waals surface area contributed by atoms with E-state index >= 15 is 0 Å². The van der Waals surface area contributed by atoms with Gasteiger partial charge in [0.1, 0.15) is 0 Å². The molecule has 2 nitrogen and oxygen atoms in total. The van der Waals surface area contributed by atoms with Crippen LogP contribution in [0.1, 0.15) is 52.4 Å². The van der Waals surface area contributed by atoms with E-state index in [1.165, 1.54) is 64.7 Å². The summed E-state index contributed by atoms with van der Waals surface area (Å²) in [6.45, 7) is 9.67. The van der Waals surface area contributed by atoms with Crippen molar-refractivity contribution in [3.05, 3.63) is 0 Å². The molecule has 2 heteroatoms. The Labute approximate surface area is 95.4 Å². The summed E-state index contributed by atoms with van der Waals surface area (Å²) in [6.07, 6.45) is 8.22. The number of hydrogen-bond donors (Lipinski definition) is 1. The van der Waals surface area contributed by atoms with Crippen molar-refractivity contribution in [1.82, 2.24) is 10.2 Å². The van der Waals surface area contributed by atoms with E-state index < -0.39 is 0 Å². The second-order valence-corrected chi connectivity index (χ2v) is 4.84. The van der Waals surface area contributed by atoms with Gasteiger partial charge in [0, 0.05) is 6.04 Å². The Balaban J connectivity index is 1.99. The zero-order chi connectivity index (χ0) is 10.9. The molecule has 0 aromatic carbocycles. The molecule has 1 fully saturated rings. The van der Waals surface area contributed by atoms with Gasteiger partial charge >= 0.3 is 0 Å². The van der Waals surface area contributed by atoms with Crippen LogP contribution in [-0.4, -0.2) is 37.1 Å². The Kier molecular flexibility index (Phi) is 7.03. The quantitative estimate of drug-likeness (QED) is 0.653. The van der Waals surface area contributed by atoms with Crippen LogP contribution < -0.4 is 5.32 Å². The van der Waals surface area contributed by atoms with Crippen LogP contribution in [0.2, 0.25) is 0 Å². The van der Waals surface area contributed by atoms with Gasteiger partial charge in [-0.2, -0.15) is 0 Å². The second kappa shape index (κ2) is 8.12. The summed E-state index contributed by atoms with van der Waals surface area (Å²) in [5.74, 6) is 0. The van der Waals surface area contributed by atoms with E-state index in [0.717, 1.165) is 6.04 Å². The number of piperidine rings is 1. The Morgan fingerprint density at radius 3 is 2.53 bits per heavy atom. The first-order valence-electron chi connectivity index (χ1n) is 6.79. The highest BCUT2D eigenvalue weighted by Crippen LogP contribution is 2.14. The van der Waals surface area contributed by atoms with Crippen LogP contribution in [-0.2, 0) is 0 Å². The first kappa shape index (κ1) is 13.0. The minimum atomic E-state index is 0.800. The molecule has 1 unspecified atom stereocenters. The van der Waals surface area contributed by atoms with Crippen LogP contribution in [0.3, 0.4) is 0 Å². The summed E-state index contributed by atoms with van der Waals surface area (Å²) >= 11 is 0. The van der Waals surface area contributed by atoms with E-state index in [9.17, 15) is 0 Å². The molecule has 1 saturated heterocycles. The standard InChI is InChI=1S/C13H28N2/c1-3-9-14-10-7-8-13(2)15-11-5-4-6-12-15/h13-14H,3-12H2,1-2H3. The first-order valence-corrected chi connectivity index (χ1v) is 6.79. The predicted octanol–water partition coefficient (Wildman–Crippen LogP) is 2.64. The molecule has 0 aliphatic carbocycles. The summed E-state index contributed by atoms with van der Waals surface area (Å²) in [7, 11) is 0. The number of hydrogen-bond acceptors (Lipinski definition) is 2. The molecule has 1 aliphatic heterocycles. The molecule has 1 rings (SSSR count). The highest BCUT2D eigenvalue weighted by atomic mass is 15.1. The number of nitrogens with one attached hydrogen (secondary N) is 1. The maximum absolute atomic E-state index is 3.47. The fourth-order valence-corrected chi connectivity index (χ4v) is 2.37. The topological polar surface area (TPSA) is 15.3 Å². The molecule has 1 atom stereocenters. The van der Waals surface area contributed by atoms with Crippen molar-refractivity contribution in [2.75, 3.05) is 26.2 Å². The van der Waals surface area contributed by atoms with Crippen molar-refractivity contribution >= 4 is 0 Å². The summed E-state index contributed by atoms with van der Waals surface area (Å²) in [5, 5.41) is 3.47. The Hall–Kier alpha value is -0.0800. The van der Waals surface area contributed by atoms with Crippen LogP contribution in [0.5, 0.6) is 0 Å². The molecule has 15 heavy (non-hydrogen) atoms. The summed E-state index contributed by atoms with van der Waals surface area (Å²) in [5.41, 5.74) is 0. The van der Waals surface area contributed by atoms with Gasteiger partial charge in [0.25, 0.3) is 0 Å². The van der Waals surface area contributed by atoms with E-state index in [0.29, 0.717) is 0 Å². The average molecular weight is 212 g/mol. The SMILES string of the molecule is CCCNCCCC(C)N1CCCCC1. The van der Waals surface area contributed by atoms with Gasteiger partial charge in [0.2, 0.25) is 0 Å². The van der Waals surface area contributed by atoms with E-state index in [1.807, 2.05) is 0 Å². The third-order valence-corrected chi connectivity index (χ3v) is 3.42. The third-order valence-electron chi connectivity index (χ3n) is 3.42. The van der Waals surface area contributed by atoms with Crippen molar-refractivity contribution in [3.63, 3.8) is 0 Å². The highest BCUT2D eigenvalue weighted by molar-refractivity contribution is 4.71. The van der Waals surface area contributed by atoms with Crippen LogP contribution in [0.15, 0.2) is 0 Å². The van der Waals surface area contributed by atoms with E-state index in [1.54, 1.807) is 0 Å². The van der Waals surface area contributed by atoms with Crippen molar-refractivity contribution < 1.29 is 0 Å². The monoisotopic (exact) mass is 212 g/mol. The van der Waals surface area contributed by atoms with Crippen LogP contribution >= 0.6 is 0 Å². The van der Waals surface area contributed by atoms with Crippen LogP contribution in [0, 0.1) is 0 Å². The molecule has 1 N–H and O–H groups in total. The van der Waals surface area contributed by atoms with Gasteiger partial charge < -0.3 is 10.2 Å². The Bertz CT molecular complexity index is 141. The van der Waals surface area contributed by atoms with Gasteiger partial charge in [0.05, 0.1) is 0 Å². The van der Waals surface area contributed by atoms with Crippen molar-refractivity contribution in [2.45, 2.75) is 58.4 Å². The molecule has 1 aliphatic rings.